The topological polar surface area (TPSA) is 81.1 Å². The van der Waals surface area contributed by atoms with Crippen molar-refractivity contribution in [2.24, 2.45) is 0 Å². The number of imidazole rings is 1. The molecule has 134 valence electrons. The normalized spacial score (nSPS) is 11.6. The van der Waals surface area contributed by atoms with Gasteiger partial charge in [-0.15, -0.1) is 0 Å². The Hall–Kier alpha value is -3.35. The van der Waals surface area contributed by atoms with Crippen molar-refractivity contribution < 1.29 is 9.53 Å². The van der Waals surface area contributed by atoms with Gasteiger partial charge in [0.25, 0.3) is 0 Å². The number of pyridine rings is 1. The highest BCUT2D eigenvalue weighted by molar-refractivity contribution is 5.74. The molecule has 2 aromatic heterocycles. The second-order valence-electron chi connectivity index (χ2n) is 5.78. The van der Waals surface area contributed by atoms with Crippen LogP contribution in [0.3, 0.4) is 0 Å². The fraction of sp³-hybridized carbons (Fsp3) is 0.211. The van der Waals surface area contributed by atoms with Crippen molar-refractivity contribution in [1.82, 2.24) is 25.2 Å². The monoisotopic (exact) mass is 351 g/mol. The van der Waals surface area contributed by atoms with E-state index in [4.69, 9.17) is 4.74 Å². The Morgan fingerprint density at radius 2 is 2.04 bits per heavy atom. The number of hydrogen-bond donors (Lipinski definition) is 2. The lowest BCUT2D eigenvalue weighted by molar-refractivity contribution is 0.237. The molecule has 7 nitrogen and oxygen atoms in total. The summed E-state index contributed by atoms with van der Waals surface area (Å²) in [7, 11) is 1.56. The molecule has 0 saturated carbocycles. The maximum Gasteiger partial charge on any atom is 0.315 e. The van der Waals surface area contributed by atoms with Gasteiger partial charge in [0.1, 0.15) is 0 Å². The van der Waals surface area contributed by atoms with Gasteiger partial charge in [-0.1, -0.05) is 18.2 Å². The summed E-state index contributed by atoms with van der Waals surface area (Å²) in [5.41, 5.74) is 2.86. The first-order chi connectivity index (χ1) is 12.7. The first-order valence-corrected chi connectivity index (χ1v) is 8.28. The summed E-state index contributed by atoms with van der Waals surface area (Å²) >= 11 is 0. The number of carbonyl (C=O) groups excluding carboxylic acids is 1. The Morgan fingerprint density at radius 1 is 1.23 bits per heavy atom. The molecule has 0 radical (unpaired) electrons. The third-order valence-corrected chi connectivity index (χ3v) is 4.03. The molecule has 3 rings (SSSR count). The van der Waals surface area contributed by atoms with E-state index in [0.29, 0.717) is 12.4 Å². The summed E-state index contributed by atoms with van der Waals surface area (Å²) in [6.07, 6.45) is 7.02. The van der Waals surface area contributed by atoms with Crippen LogP contribution in [0.2, 0.25) is 0 Å². The van der Waals surface area contributed by atoms with Crippen LogP contribution in [-0.2, 0) is 6.54 Å². The van der Waals surface area contributed by atoms with Gasteiger partial charge in [0, 0.05) is 36.4 Å². The molecule has 7 heteroatoms. The van der Waals surface area contributed by atoms with Crippen molar-refractivity contribution in [3.05, 3.63) is 72.4 Å². The number of benzene rings is 1. The maximum atomic E-state index is 12.2. The number of nitrogens with zero attached hydrogens (tertiary/aromatic N) is 3. The van der Waals surface area contributed by atoms with Crippen LogP contribution >= 0.6 is 0 Å². The van der Waals surface area contributed by atoms with Crippen LogP contribution in [0.15, 0.2) is 61.3 Å². The Labute approximate surface area is 152 Å². The minimum Gasteiger partial charge on any atom is -0.481 e. The van der Waals surface area contributed by atoms with Crippen LogP contribution in [0.1, 0.15) is 24.1 Å². The second kappa shape index (κ2) is 8.15. The first-order valence-electron chi connectivity index (χ1n) is 8.28. The third kappa shape index (κ3) is 4.18. The fourth-order valence-corrected chi connectivity index (χ4v) is 2.60. The van der Waals surface area contributed by atoms with Crippen LogP contribution in [0.5, 0.6) is 5.88 Å². The summed E-state index contributed by atoms with van der Waals surface area (Å²) in [4.78, 5) is 20.3. The molecule has 0 spiro atoms. The first kappa shape index (κ1) is 17.5. The van der Waals surface area contributed by atoms with Gasteiger partial charge in [0.15, 0.2) is 0 Å². The van der Waals surface area contributed by atoms with Crippen molar-refractivity contribution in [1.29, 1.82) is 0 Å². The van der Waals surface area contributed by atoms with Crippen molar-refractivity contribution in [2.75, 3.05) is 7.11 Å². The zero-order chi connectivity index (χ0) is 18.4. The number of ether oxygens (including phenoxy) is 1. The highest BCUT2D eigenvalue weighted by Crippen LogP contribution is 2.16. The molecule has 0 unspecified atom stereocenters. The van der Waals surface area contributed by atoms with E-state index in [1.165, 1.54) is 0 Å². The van der Waals surface area contributed by atoms with E-state index < -0.39 is 0 Å². The van der Waals surface area contributed by atoms with Crippen molar-refractivity contribution in [2.45, 2.75) is 19.5 Å². The third-order valence-electron chi connectivity index (χ3n) is 4.03. The van der Waals surface area contributed by atoms with Crippen LogP contribution in [-0.4, -0.2) is 27.7 Å². The second-order valence-corrected chi connectivity index (χ2v) is 5.78. The van der Waals surface area contributed by atoms with E-state index in [9.17, 15) is 4.79 Å². The minimum absolute atomic E-state index is 0.123. The number of methoxy groups -OCH3 is 1. The van der Waals surface area contributed by atoms with Crippen LogP contribution in [0, 0.1) is 0 Å². The van der Waals surface area contributed by atoms with Crippen LogP contribution in [0.4, 0.5) is 4.79 Å². The summed E-state index contributed by atoms with van der Waals surface area (Å²) in [6.45, 7) is 2.28. The number of rotatable bonds is 6. The smallest absolute Gasteiger partial charge is 0.315 e. The molecule has 1 atom stereocenters. The van der Waals surface area contributed by atoms with E-state index in [0.717, 1.165) is 16.8 Å². The predicted octanol–water partition coefficient (Wildman–Crippen LogP) is 2.84. The number of urea groups is 1. The van der Waals surface area contributed by atoms with Gasteiger partial charge < -0.3 is 19.9 Å². The van der Waals surface area contributed by atoms with Gasteiger partial charge in [0.2, 0.25) is 5.88 Å². The fourth-order valence-electron chi connectivity index (χ4n) is 2.60. The number of hydrogen-bond acceptors (Lipinski definition) is 4. The SMILES string of the molecule is COc1ncccc1CNC(=O)N[C@H](C)c1ccc(-n2ccnc2)cc1. The predicted molar refractivity (Wildman–Crippen MR) is 98.1 cm³/mol. The molecular formula is C19H21N5O2. The molecular weight excluding hydrogens is 330 g/mol. The summed E-state index contributed by atoms with van der Waals surface area (Å²) < 4.78 is 7.11. The zero-order valence-electron chi connectivity index (χ0n) is 14.7. The van der Waals surface area contributed by atoms with Gasteiger partial charge in [-0.3, -0.25) is 0 Å². The Kier molecular flexibility index (Phi) is 5.48. The molecule has 26 heavy (non-hydrogen) atoms. The molecule has 0 aliphatic carbocycles. The lowest BCUT2D eigenvalue weighted by Gasteiger charge is -2.16. The molecule has 2 N–H and O–H groups in total. The van der Waals surface area contributed by atoms with Crippen LogP contribution < -0.4 is 15.4 Å². The van der Waals surface area contributed by atoms with E-state index in [1.54, 1.807) is 25.8 Å². The highest BCUT2D eigenvalue weighted by Gasteiger charge is 2.11. The molecule has 0 aliphatic heterocycles. The van der Waals surface area contributed by atoms with Crippen molar-refractivity contribution >= 4 is 6.03 Å². The zero-order valence-corrected chi connectivity index (χ0v) is 14.7. The lowest BCUT2D eigenvalue weighted by Crippen LogP contribution is -2.36. The van der Waals surface area contributed by atoms with Gasteiger partial charge in [-0.2, -0.15) is 0 Å². The van der Waals surface area contributed by atoms with Gasteiger partial charge in [-0.25, -0.2) is 14.8 Å². The number of aromatic nitrogens is 3. The summed E-state index contributed by atoms with van der Waals surface area (Å²) in [6, 6.07) is 11.3. The summed E-state index contributed by atoms with van der Waals surface area (Å²) in [5, 5.41) is 5.75. The van der Waals surface area contributed by atoms with Crippen molar-refractivity contribution in [3.63, 3.8) is 0 Å². The van der Waals surface area contributed by atoms with E-state index >= 15 is 0 Å². The number of amides is 2. The largest absolute Gasteiger partial charge is 0.481 e. The molecule has 0 saturated heterocycles. The Balaban J connectivity index is 1.55. The molecule has 0 fully saturated rings. The van der Waals surface area contributed by atoms with Crippen molar-refractivity contribution in [3.8, 4) is 11.6 Å². The molecule has 2 amide bonds. The average molecular weight is 351 g/mol. The number of carbonyl (C=O) groups is 1. The Morgan fingerprint density at radius 3 is 2.73 bits per heavy atom. The van der Waals surface area contributed by atoms with Gasteiger partial charge >= 0.3 is 6.03 Å². The molecule has 0 aliphatic rings. The molecule has 2 heterocycles. The average Bonchev–Trinajstić information content (AvgIpc) is 3.21. The molecule has 3 aromatic rings. The van der Waals surface area contributed by atoms with E-state index in [1.807, 2.05) is 54.1 Å². The van der Waals surface area contributed by atoms with E-state index in [2.05, 4.69) is 20.6 Å². The minimum atomic E-state index is -0.248. The maximum absolute atomic E-state index is 12.2. The lowest BCUT2D eigenvalue weighted by atomic mass is 10.1. The highest BCUT2D eigenvalue weighted by atomic mass is 16.5. The molecule has 1 aromatic carbocycles. The quantitative estimate of drug-likeness (QED) is 0.715. The number of nitrogens with one attached hydrogen (secondary N) is 2. The summed E-state index contributed by atoms with van der Waals surface area (Å²) in [5.74, 6) is 0.510. The van der Waals surface area contributed by atoms with Crippen LogP contribution in [0.25, 0.3) is 5.69 Å². The standard InChI is InChI=1S/C19H21N5O2/c1-14(15-5-7-17(8-6-15)24-11-10-20-13-24)23-19(25)22-12-16-4-3-9-21-18(16)26-2/h3-11,13-14H,12H2,1-2H3,(H2,22,23,25)/t14-/m1/s1. The van der Waals surface area contributed by atoms with Gasteiger partial charge in [-0.05, 0) is 30.7 Å². The van der Waals surface area contributed by atoms with E-state index in [-0.39, 0.29) is 12.1 Å². The Bertz CT molecular complexity index is 847. The van der Waals surface area contributed by atoms with Gasteiger partial charge in [0.05, 0.1) is 19.5 Å². The molecule has 0 bridgehead atoms.